The highest BCUT2D eigenvalue weighted by Gasteiger charge is 2.39. The summed E-state index contributed by atoms with van der Waals surface area (Å²) in [6, 6.07) is 5.01. The summed E-state index contributed by atoms with van der Waals surface area (Å²) in [6.45, 7) is 3.38. The lowest BCUT2D eigenvalue weighted by Gasteiger charge is -2.32. The van der Waals surface area contributed by atoms with Crippen LogP contribution in [0.5, 0.6) is 0 Å². The van der Waals surface area contributed by atoms with Crippen molar-refractivity contribution in [2.45, 2.75) is 24.6 Å². The maximum Gasteiger partial charge on any atom is 0.323 e. The molecule has 0 aliphatic rings. The zero-order chi connectivity index (χ0) is 15.1. The van der Waals surface area contributed by atoms with Crippen molar-refractivity contribution in [3.8, 4) is 0 Å². The number of imidazole rings is 1. The summed E-state index contributed by atoms with van der Waals surface area (Å²) in [5, 5.41) is 3.06. The molecule has 1 heterocycles. The number of benzene rings is 1. The van der Waals surface area contributed by atoms with Crippen molar-refractivity contribution in [2.24, 2.45) is 0 Å². The van der Waals surface area contributed by atoms with Crippen LogP contribution in [0.2, 0.25) is 0 Å². The van der Waals surface area contributed by atoms with Crippen LogP contribution in [-0.4, -0.2) is 36.4 Å². The predicted octanol–water partition coefficient (Wildman–Crippen LogP) is 0.940. The molecule has 0 fully saturated rings. The third-order valence-electron chi connectivity index (χ3n) is 3.81. The fourth-order valence-corrected chi connectivity index (χ4v) is 3.04. The average Bonchev–Trinajstić information content (AvgIpc) is 2.67. The van der Waals surface area contributed by atoms with Gasteiger partial charge < -0.3 is 15.3 Å². The van der Waals surface area contributed by atoms with E-state index in [0.29, 0.717) is 11.0 Å². The predicted molar refractivity (Wildman–Crippen MR) is 79.6 cm³/mol. The summed E-state index contributed by atoms with van der Waals surface area (Å²) in [5.41, 5.74) is 1.90. The second-order valence-electron chi connectivity index (χ2n) is 5.48. The lowest BCUT2D eigenvalue weighted by molar-refractivity contribution is 0.446. The van der Waals surface area contributed by atoms with Gasteiger partial charge in [0.15, 0.2) is 9.84 Å². The Bertz CT molecular complexity index is 787. The van der Waals surface area contributed by atoms with Crippen LogP contribution in [0.1, 0.15) is 25.5 Å². The Kier molecular flexibility index (Phi) is 3.51. The first-order valence-corrected chi connectivity index (χ1v) is 8.15. The highest BCUT2D eigenvalue weighted by Crippen LogP contribution is 2.32. The van der Waals surface area contributed by atoms with Gasteiger partial charge >= 0.3 is 5.69 Å². The Hall–Kier alpha value is -1.60. The smallest absolute Gasteiger partial charge is 0.312 e. The van der Waals surface area contributed by atoms with Gasteiger partial charge in [0.2, 0.25) is 0 Å². The van der Waals surface area contributed by atoms with Crippen molar-refractivity contribution in [1.82, 2.24) is 15.3 Å². The molecule has 1 aromatic carbocycles. The number of fused-ring (bicyclic) bond motifs is 1. The Morgan fingerprint density at radius 2 is 1.80 bits per heavy atom. The summed E-state index contributed by atoms with van der Waals surface area (Å²) >= 11 is 0. The molecule has 1 unspecified atom stereocenters. The maximum absolute atomic E-state index is 12.0. The van der Waals surface area contributed by atoms with Gasteiger partial charge in [0, 0.05) is 6.26 Å². The summed E-state index contributed by atoms with van der Waals surface area (Å²) in [6.07, 6.45) is 1.23. The van der Waals surface area contributed by atoms with E-state index in [1.54, 1.807) is 33.0 Å². The molecule has 1 aromatic heterocycles. The monoisotopic (exact) mass is 297 g/mol. The van der Waals surface area contributed by atoms with E-state index in [9.17, 15) is 13.2 Å². The molecule has 0 bridgehead atoms. The van der Waals surface area contributed by atoms with Crippen LogP contribution in [0.3, 0.4) is 0 Å². The molecule has 3 N–H and O–H groups in total. The number of aromatic nitrogens is 2. The number of H-pyrrole nitrogens is 2. The van der Waals surface area contributed by atoms with Gasteiger partial charge in [-0.05, 0) is 38.6 Å². The zero-order valence-corrected chi connectivity index (χ0v) is 12.8. The molecule has 0 saturated carbocycles. The molecule has 7 heteroatoms. The molecule has 0 radical (unpaired) electrons. The topological polar surface area (TPSA) is 94.8 Å². The van der Waals surface area contributed by atoms with E-state index in [1.807, 2.05) is 6.07 Å². The highest BCUT2D eigenvalue weighted by molar-refractivity contribution is 7.92. The summed E-state index contributed by atoms with van der Waals surface area (Å²) in [5.74, 6) is 0. The average molecular weight is 297 g/mol. The maximum atomic E-state index is 12.0. The third-order valence-corrected chi connectivity index (χ3v) is 5.96. The van der Waals surface area contributed by atoms with E-state index in [4.69, 9.17) is 0 Å². The number of hydrogen-bond donors (Lipinski definition) is 3. The van der Waals surface area contributed by atoms with Crippen LogP contribution in [0.15, 0.2) is 23.0 Å². The van der Waals surface area contributed by atoms with Crippen molar-refractivity contribution in [3.63, 3.8) is 0 Å². The van der Waals surface area contributed by atoms with Crippen molar-refractivity contribution < 1.29 is 8.42 Å². The van der Waals surface area contributed by atoms with E-state index in [2.05, 4.69) is 15.3 Å². The summed E-state index contributed by atoms with van der Waals surface area (Å²) in [4.78, 5) is 16.6. The summed E-state index contributed by atoms with van der Waals surface area (Å²) < 4.78 is 23.0. The van der Waals surface area contributed by atoms with Crippen molar-refractivity contribution in [3.05, 3.63) is 34.2 Å². The van der Waals surface area contributed by atoms with Gasteiger partial charge in [-0.25, -0.2) is 13.2 Å². The quantitative estimate of drug-likeness (QED) is 0.782. The van der Waals surface area contributed by atoms with Crippen molar-refractivity contribution in [1.29, 1.82) is 0 Å². The largest absolute Gasteiger partial charge is 0.323 e. The number of aromatic amines is 2. The third kappa shape index (κ3) is 2.38. The second-order valence-corrected chi connectivity index (χ2v) is 8.08. The van der Waals surface area contributed by atoms with Crippen LogP contribution in [0.4, 0.5) is 0 Å². The molecular formula is C13H19N3O3S. The molecule has 0 aliphatic heterocycles. The van der Waals surface area contributed by atoms with Crippen LogP contribution in [0.25, 0.3) is 11.0 Å². The number of rotatable bonds is 4. The van der Waals surface area contributed by atoms with Crippen LogP contribution in [-0.2, 0) is 9.84 Å². The normalized spacial score (nSPS) is 14.6. The first-order valence-electron chi connectivity index (χ1n) is 6.25. The molecule has 0 saturated heterocycles. The van der Waals surface area contributed by atoms with E-state index in [1.165, 1.54) is 6.26 Å². The van der Waals surface area contributed by atoms with Crippen LogP contribution < -0.4 is 11.0 Å². The Morgan fingerprint density at radius 1 is 1.20 bits per heavy atom. The standard InChI is InChI=1S/C13H19N3O3S/c1-13(2,20(4,18)19)11(14-3)8-5-6-9-10(7-8)16-12(17)15-9/h5-7,11,14H,1-4H3,(H2,15,16,17). The van der Waals surface area contributed by atoms with Crippen LogP contribution >= 0.6 is 0 Å². The number of sulfone groups is 1. The van der Waals surface area contributed by atoms with Gasteiger partial charge in [0.05, 0.1) is 21.8 Å². The Labute approximate surface area is 117 Å². The van der Waals surface area contributed by atoms with Gasteiger partial charge in [0.1, 0.15) is 0 Å². The molecule has 6 nitrogen and oxygen atoms in total. The SMILES string of the molecule is CNC(c1ccc2[nH]c(=O)[nH]c2c1)C(C)(C)S(C)(=O)=O. The van der Waals surface area contributed by atoms with Gasteiger partial charge in [0.25, 0.3) is 0 Å². The molecule has 0 spiro atoms. The van der Waals surface area contributed by atoms with Gasteiger partial charge in [-0.1, -0.05) is 6.07 Å². The Balaban J connectivity index is 2.57. The molecule has 2 aromatic rings. The molecule has 20 heavy (non-hydrogen) atoms. The number of hydrogen-bond acceptors (Lipinski definition) is 4. The fourth-order valence-electron chi connectivity index (χ4n) is 2.36. The van der Waals surface area contributed by atoms with Crippen molar-refractivity contribution >= 4 is 20.9 Å². The Morgan fingerprint density at radius 3 is 2.35 bits per heavy atom. The molecule has 2 rings (SSSR count). The molecule has 0 amide bonds. The van der Waals surface area contributed by atoms with Gasteiger partial charge in [-0.2, -0.15) is 0 Å². The lowest BCUT2D eigenvalue weighted by Crippen LogP contribution is -2.43. The first-order chi connectivity index (χ1) is 9.16. The van der Waals surface area contributed by atoms with Gasteiger partial charge in [-0.15, -0.1) is 0 Å². The molecule has 110 valence electrons. The van der Waals surface area contributed by atoms with E-state index in [0.717, 1.165) is 5.56 Å². The lowest BCUT2D eigenvalue weighted by atomic mass is 9.95. The highest BCUT2D eigenvalue weighted by atomic mass is 32.2. The van der Waals surface area contributed by atoms with Gasteiger partial charge in [-0.3, -0.25) is 0 Å². The minimum absolute atomic E-state index is 0.277. The molecule has 1 atom stereocenters. The molecule has 0 aliphatic carbocycles. The fraction of sp³-hybridized carbons (Fsp3) is 0.462. The molecular weight excluding hydrogens is 278 g/mol. The minimum atomic E-state index is -3.25. The van der Waals surface area contributed by atoms with Crippen molar-refractivity contribution in [2.75, 3.05) is 13.3 Å². The first kappa shape index (κ1) is 14.8. The van der Waals surface area contributed by atoms with Crippen LogP contribution in [0, 0.1) is 0 Å². The number of nitrogens with one attached hydrogen (secondary N) is 3. The van der Waals surface area contributed by atoms with E-state index >= 15 is 0 Å². The van der Waals surface area contributed by atoms with E-state index < -0.39 is 14.6 Å². The second kappa shape index (κ2) is 4.75. The zero-order valence-electron chi connectivity index (χ0n) is 11.9. The summed E-state index contributed by atoms with van der Waals surface area (Å²) in [7, 11) is -1.53. The minimum Gasteiger partial charge on any atom is -0.312 e. The van der Waals surface area contributed by atoms with E-state index in [-0.39, 0.29) is 11.7 Å².